The molecule has 0 saturated carbocycles. The van der Waals surface area contributed by atoms with Gasteiger partial charge in [0.25, 0.3) is 0 Å². The largest absolute Gasteiger partial charge is 0.391 e. The summed E-state index contributed by atoms with van der Waals surface area (Å²) < 4.78 is 1.18. The van der Waals surface area contributed by atoms with Gasteiger partial charge >= 0.3 is 0 Å². The normalized spacial score (nSPS) is 12.0. The Labute approximate surface area is 274 Å². The van der Waals surface area contributed by atoms with Crippen molar-refractivity contribution in [1.82, 2.24) is 0 Å². The molecule has 0 aromatic rings. The number of nitrogens with zero attached hydrogens (tertiary/aromatic N) is 1. The quantitative estimate of drug-likeness (QED) is 0.0546. The molecular formula is C41H86NO+. The number of unbranched alkanes of at least 4 members (excludes halogenated alkanes) is 30. The Morgan fingerprint density at radius 1 is 0.256 bits per heavy atom. The monoisotopic (exact) mass is 609 g/mol. The molecule has 0 spiro atoms. The Morgan fingerprint density at radius 2 is 0.488 bits per heavy atom. The summed E-state index contributed by atoms with van der Waals surface area (Å²) in [6.07, 6.45) is 47.3. The zero-order valence-electron chi connectivity index (χ0n) is 30.8. The maximum atomic E-state index is 9.88. The molecule has 43 heavy (non-hydrogen) atoms. The maximum absolute atomic E-state index is 9.88. The van der Waals surface area contributed by atoms with Crippen LogP contribution in [-0.2, 0) is 0 Å². The predicted octanol–water partition coefficient (Wildman–Crippen LogP) is 13.7. The number of hydrogen-bond acceptors (Lipinski definition) is 1. The van der Waals surface area contributed by atoms with Crippen molar-refractivity contribution in [2.75, 3.05) is 32.8 Å². The average Bonchev–Trinajstić information content (AvgIpc) is 3.01. The fraction of sp³-hybridized carbons (Fsp3) is 1.00. The Balaban J connectivity index is 3.72. The fourth-order valence-corrected chi connectivity index (χ4v) is 7.35. The SMILES string of the molecule is CCCCCCCCCCCCCCCCCC[N+](CCC)(CCO)CCCCCCCCCCCCCCCCCC. The highest BCUT2D eigenvalue weighted by molar-refractivity contribution is 4.54. The van der Waals surface area contributed by atoms with Gasteiger partial charge in [-0.1, -0.05) is 201 Å². The second kappa shape index (κ2) is 36.4. The van der Waals surface area contributed by atoms with Gasteiger partial charge in [-0.05, 0) is 32.1 Å². The average molecular weight is 609 g/mol. The number of rotatable bonds is 38. The second-order valence-electron chi connectivity index (χ2n) is 14.6. The van der Waals surface area contributed by atoms with Gasteiger partial charge in [0.1, 0.15) is 6.54 Å². The lowest BCUT2D eigenvalue weighted by Crippen LogP contribution is -2.51. The first-order chi connectivity index (χ1) is 21.2. The first-order valence-electron chi connectivity index (χ1n) is 20.7. The van der Waals surface area contributed by atoms with Crippen molar-refractivity contribution < 1.29 is 9.59 Å². The first-order valence-corrected chi connectivity index (χ1v) is 20.7. The van der Waals surface area contributed by atoms with E-state index in [1.165, 1.54) is 236 Å². The number of aliphatic hydroxyl groups is 1. The van der Waals surface area contributed by atoms with E-state index in [1.807, 2.05) is 0 Å². The molecule has 1 N–H and O–H groups in total. The summed E-state index contributed by atoms with van der Waals surface area (Å²) in [5, 5.41) is 9.88. The third kappa shape index (κ3) is 31.7. The van der Waals surface area contributed by atoms with E-state index >= 15 is 0 Å². The third-order valence-electron chi connectivity index (χ3n) is 10.2. The van der Waals surface area contributed by atoms with Gasteiger partial charge in [0.2, 0.25) is 0 Å². The van der Waals surface area contributed by atoms with Crippen LogP contribution < -0.4 is 0 Å². The van der Waals surface area contributed by atoms with Crippen molar-refractivity contribution in [1.29, 1.82) is 0 Å². The van der Waals surface area contributed by atoms with Gasteiger partial charge in [-0.3, -0.25) is 0 Å². The lowest BCUT2D eigenvalue weighted by Gasteiger charge is -2.38. The van der Waals surface area contributed by atoms with Crippen LogP contribution in [0, 0.1) is 0 Å². The molecule has 0 aliphatic heterocycles. The van der Waals surface area contributed by atoms with E-state index in [2.05, 4.69) is 20.8 Å². The van der Waals surface area contributed by atoms with Crippen LogP contribution in [0.4, 0.5) is 0 Å². The Kier molecular flexibility index (Phi) is 36.3. The van der Waals surface area contributed by atoms with Gasteiger partial charge in [0.05, 0.1) is 26.2 Å². The van der Waals surface area contributed by atoms with E-state index < -0.39 is 0 Å². The summed E-state index contributed by atoms with van der Waals surface area (Å²) in [7, 11) is 0. The molecule has 260 valence electrons. The highest BCUT2D eigenvalue weighted by Crippen LogP contribution is 2.18. The zero-order valence-corrected chi connectivity index (χ0v) is 30.8. The van der Waals surface area contributed by atoms with Gasteiger partial charge in [-0.15, -0.1) is 0 Å². The molecule has 0 aromatic heterocycles. The number of hydrogen-bond donors (Lipinski definition) is 1. The van der Waals surface area contributed by atoms with Gasteiger partial charge in [0.15, 0.2) is 0 Å². The molecule has 0 heterocycles. The fourth-order valence-electron chi connectivity index (χ4n) is 7.35. The van der Waals surface area contributed by atoms with Gasteiger partial charge in [-0.25, -0.2) is 0 Å². The van der Waals surface area contributed by atoms with Crippen molar-refractivity contribution >= 4 is 0 Å². The summed E-state index contributed by atoms with van der Waals surface area (Å²) in [4.78, 5) is 0. The van der Waals surface area contributed by atoms with Crippen LogP contribution in [0.2, 0.25) is 0 Å². The highest BCUT2D eigenvalue weighted by atomic mass is 16.3. The molecule has 0 aliphatic rings. The highest BCUT2D eigenvalue weighted by Gasteiger charge is 2.24. The Bertz CT molecular complexity index is 448. The molecule has 2 nitrogen and oxygen atoms in total. The van der Waals surface area contributed by atoms with Gasteiger partial charge in [-0.2, -0.15) is 0 Å². The topological polar surface area (TPSA) is 20.2 Å². The van der Waals surface area contributed by atoms with Crippen LogP contribution in [0.5, 0.6) is 0 Å². The van der Waals surface area contributed by atoms with Crippen LogP contribution in [-0.4, -0.2) is 42.4 Å². The molecule has 0 aromatic carbocycles. The smallest absolute Gasteiger partial charge is 0.102 e. The van der Waals surface area contributed by atoms with Crippen molar-refractivity contribution in [2.24, 2.45) is 0 Å². The Hall–Kier alpha value is -0.0800. The van der Waals surface area contributed by atoms with Crippen LogP contribution in [0.15, 0.2) is 0 Å². The molecule has 0 atom stereocenters. The van der Waals surface area contributed by atoms with Crippen LogP contribution in [0.25, 0.3) is 0 Å². The molecule has 0 radical (unpaired) electrons. The minimum absolute atomic E-state index is 0.359. The first kappa shape index (κ1) is 42.9. The van der Waals surface area contributed by atoms with Crippen molar-refractivity contribution in [3.05, 3.63) is 0 Å². The maximum Gasteiger partial charge on any atom is 0.102 e. The third-order valence-corrected chi connectivity index (χ3v) is 10.2. The van der Waals surface area contributed by atoms with Gasteiger partial charge in [0, 0.05) is 0 Å². The Morgan fingerprint density at radius 3 is 0.698 bits per heavy atom. The molecule has 0 amide bonds. The number of quaternary nitrogens is 1. The van der Waals surface area contributed by atoms with E-state index in [-0.39, 0.29) is 0 Å². The lowest BCUT2D eigenvalue weighted by atomic mass is 10.0. The van der Waals surface area contributed by atoms with Crippen molar-refractivity contribution in [3.63, 3.8) is 0 Å². The molecule has 0 unspecified atom stereocenters. The van der Waals surface area contributed by atoms with E-state index in [0.717, 1.165) is 6.54 Å². The van der Waals surface area contributed by atoms with Crippen LogP contribution in [0.1, 0.15) is 233 Å². The minimum atomic E-state index is 0.359. The van der Waals surface area contributed by atoms with Crippen LogP contribution in [0.3, 0.4) is 0 Å². The van der Waals surface area contributed by atoms with E-state index in [1.54, 1.807) is 0 Å². The molecule has 2 heteroatoms. The molecule has 0 rings (SSSR count). The second-order valence-corrected chi connectivity index (χ2v) is 14.6. The standard InChI is InChI=1S/C41H86NO/c1-4-7-9-11-13-15-17-19-21-23-25-27-29-31-33-35-38-42(37-6-3,40-41-43)39-36-34-32-30-28-26-24-22-20-18-16-14-12-10-8-5-2/h43H,4-41H2,1-3H3/q+1. The predicted molar refractivity (Wildman–Crippen MR) is 196 cm³/mol. The summed E-state index contributed by atoms with van der Waals surface area (Å²) >= 11 is 0. The lowest BCUT2D eigenvalue weighted by molar-refractivity contribution is -0.929. The summed E-state index contributed by atoms with van der Waals surface area (Å²) in [6, 6.07) is 0. The van der Waals surface area contributed by atoms with Crippen molar-refractivity contribution in [3.8, 4) is 0 Å². The molecule has 0 fully saturated rings. The minimum Gasteiger partial charge on any atom is -0.391 e. The van der Waals surface area contributed by atoms with E-state index in [0.29, 0.717) is 6.61 Å². The van der Waals surface area contributed by atoms with Crippen molar-refractivity contribution in [2.45, 2.75) is 233 Å². The summed E-state index contributed by atoms with van der Waals surface area (Å²) in [6.45, 7) is 12.1. The molecule has 0 bridgehead atoms. The van der Waals surface area contributed by atoms with E-state index in [9.17, 15) is 5.11 Å². The summed E-state index contributed by atoms with van der Waals surface area (Å²) in [5.41, 5.74) is 0. The zero-order chi connectivity index (χ0) is 31.4. The van der Waals surface area contributed by atoms with Crippen LogP contribution >= 0.6 is 0 Å². The summed E-state index contributed by atoms with van der Waals surface area (Å²) in [5.74, 6) is 0. The molecule has 0 aliphatic carbocycles. The van der Waals surface area contributed by atoms with E-state index in [4.69, 9.17) is 0 Å². The van der Waals surface area contributed by atoms with Gasteiger partial charge < -0.3 is 9.59 Å². The molecule has 0 saturated heterocycles. The molecular weight excluding hydrogens is 522 g/mol. The number of aliphatic hydroxyl groups excluding tert-OH is 1.